The number of piperidine rings is 1. The third-order valence-corrected chi connectivity index (χ3v) is 4.26. The number of carbonyl (C=O) groups excluding carboxylic acids is 1. The van der Waals surface area contributed by atoms with E-state index in [4.69, 9.17) is 28.9 Å². The van der Waals surface area contributed by atoms with E-state index in [1.54, 1.807) is 18.2 Å². The largest absolute Gasteiger partial charge is 0.330 e. The van der Waals surface area contributed by atoms with Crippen LogP contribution in [0.5, 0.6) is 0 Å². The topological polar surface area (TPSA) is 58.4 Å². The van der Waals surface area contributed by atoms with Gasteiger partial charge in [-0.3, -0.25) is 9.69 Å². The van der Waals surface area contributed by atoms with Crippen molar-refractivity contribution in [3.63, 3.8) is 0 Å². The van der Waals surface area contributed by atoms with Crippen molar-refractivity contribution >= 4 is 47.2 Å². The van der Waals surface area contributed by atoms with Gasteiger partial charge in [0.2, 0.25) is 5.91 Å². The molecule has 1 aromatic carbocycles. The lowest BCUT2D eigenvalue weighted by molar-refractivity contribution is -0.117. The molecule has 7 heteroatoms. The predicted octanol–water partition coefficient (Wildman–Crippen LogP) is 3.02. The molecule has 3 N–H and O–H groups in total. The number of hydrogen-bond acceptors (Lipinski definition) is 3. The monoisotopic (exact) mass is 351 g/mol. The molecule has 1 amide bonds. The van der Waals surface area contributed by atoms with Gasteiger partial charge in [0.25, 0.3) is 0 Å². The van der Waals surface area contributed by atoms with Crippen LogP contribution in [0.15, 0.2) is 18.2 Å². The molecular formula is C14H20Cl3N3O. The van der Waals surface area contributed by atoms with Crippen LogP contribution in [0.3, 0.4) is 0 Å². The van der Waals surface area contributed by atoms with Gasteiger partial charge in [0.05, 0.1) is 22.3 Å². The summed E-state index contributed by atoms with van der Waals surface area (Å²) in [4.78, 5) is 14.2. The van der Waals surface area contributed by atoms with Crippen molar-refractivity contribution in [1.82, 2.24) is 4.90 Å². The Kier molecular flexibility index (Phi) is 7.77. The van der Waals surface area contributed by atoms with E-state index < -0.39 is 0 Å². The molecule has 1 fully saturated rings. The van der Waals surface area contributed by atoms with Crippen LogP contribution >= 0.6 is 35.6 Å². The Morgan fingerprint density at radius 2 is 1.86 bits per heavy atom. The Morgan fingerprint density at radius 1 is 1.29 bits per heavy atom. The minimum atomic E-state index is -0.0915. The number of anilines is 1. The average molecular weight is 353 g/mol. The molecule has 1 aromatic rings. The molecule has 118 valence electrons. The van der Waals surface area contributed by atoms with Gasteiger partial charge >= 0.3 is 0 Å². The first kappa shape index (κ1) is 18.5. The summed E-state index contributed by atoms with van der Waals surface area (Å²) < 4.78 is 0. The van der Waals surface area contributed by atoms with Gasteiger partial charge in [-0.2, -0.15) is 0 Å². The van der Waals surface area contributed by atoms with E-state index in [9.17, 15) is 4.79 Å². The van der Waals surface area contributed by atoms with Gasteiger partial charge < -0.3 is 11.1 Å². The summed E-state index contributed by atoms with van der Waals surface area (Å²) in [5.41, 5.74) is 6.14. The second-order valence-electron chi connectivity index (χ2n) is 5.10. The van der Waals surface area contributed by atoms with E-state index in [0.29, 0.717) is 28.2 Å². The maximum Gasteiger partial charge on any atom is 0.238 e. The van der Waals surface area contributed by atoms with Crippen LogP contribution in [-0.4, -0.2) is 37.0 Å². The van der Waals surface area contributed by atoms with Crippen molar-refractivity contribution in [3.8, 4) is 0 Å². The van der Waals surface area contributed by atoms with Crippen LogP contribution in [0.1, 0.15) is 12.8 Å². The number of benzene rings is 1. The molecule has 4 nitrogen and oxygen atoms in total. The quantitative estimate of drug-likeness (QED) is 0.875. The number of rotatable bonds is 4. The minimum Gasteiger partial charge on any atom is -0.330 e. The summed E-state index contributed by atoms with van der Waals surface area (Å²) >= 11 is 12.1. The highest BCUT2D eigenvalue weighted by atomic mass is 35.5. The zero-order valence-electron chi connectivity index (χ0n) is 11.6. The normalized spacial score (nSPS) is 16.3. The zero-order chi connectivity index (χ0) is 14.5. The molecular weight excluding hydrogens is 333 g/mol. The molecule has 0 radical (unpaired) electrons. The van der Waals surface area contributed by atoms with Crippen molar-refractivity contribution in [2.45, 2.75) is 12.8 Å². The fourth-order valence-corrected chi connectivity index (χ4v) is 2.87. The summed E-state index contributed by atoms with van der Waals surface area (Å²) in [6.45, 7) is 2.91. The van der Waals surface area contributed by atoms with Gasteiger partial charge in [-0.15, -0.1) is 12.4 Å². The standard InChI is InChI=1S/C14H19Cl2N3O.ClH/c15-11-2-1-3-12(16)14(11)18-13(20)9-19-6-4-10(8-17)5-7-19;/h1-3,10H,4-9,17H2,(H,18,20);1H. The molecule has 0 bridgehead atoms. The van der Waals surface area contributed by atoms with Crippen LogP contribution in [0, 0.1) is 5.92 Å². The summed E-state index contributed by atoms with van der Waals surface area (Å²) in [6.07, 6.45) is 2.10. The molecule has 0 aliphatic carbocycles. The number of nitrogens with zero attached hydrogens (tertiary/aromatic N) is 1. The van der Waals surface area contributed by atoms with Crippen molar-refractivity contribution in [1.29, 1.82) is 0 Å². The highest BCUT2D eigenvalue weighted by molar-refractivity contribution is 6.39. The molecule has 0 unspecified atom stereocenters. The third-order valence-electron chi connectivity index (χ3n) is 3.63. The van der Waals surface area contributed by atoms with Gasteiger partial charge in [-0.1, -0.05) is 29.3 Å². The van der Waals surface area contributed by atoms with Crippen molar-refractivity contribution in [3.05, 3.63) is 28.2 Å². The lowest BCUT2D eigenvalue weighted by atomic mass is 9.97. The van der Waals surface area contributed by atoms with Crippen LogP contribution < -0.4 is 11.1 Å². The number of nitrogens with one attached hydrogen (secondary N) is 1. The second kappa shape index (κ2) is 8.81. The van der Waals surface area contributed by atoms with Crippen LogP contribution in [0.25, 0.3) is 0 Å². The van der Waals surface area contributed by atoms with E-state index in [-0.39, 0.29) is 18.3 Å². The van der Waals surface area contributed by atoms with E-state index in [0.717, 1.165) is 32.5 Å². The van der Waals surface area contributed by atoms with Gasteiger partial charge in [-0.05, 0) is 50.5 Å². The number of hydrogen-bond donors (Lipinski definition) is 2. The van der Waals surface area contributed by atoms with Crippen molar-refractivity contribution < 1.29 is 4.79 Å². The Labute approximate surface area is 141 Å². The number of amides is 1. The van der Waals surface area contributed by atoms with Gasteiger partial charge in [0.1, 0.15) is 0 Å². The lowest BCUT2D eigenvalue weighted by Crippen LogP contribution is -2.40. The Hall–Kier alpha value is -0.520. The molecule has 0 atom stereocenters. The fraction of sp³-hybridized carbons (Fsp3) is 0.500. The van der Waals surface area contributed by atoms with Crippen LogP contribution in [0.2, 0.25) is 10.0 Å². The Bertz CT molecular complexity index is 456. The molecule has 21 heavy (non-hydrogen) atoms. The highest BCUT2D eigenvalue weighted by Crippen LogP contribution is 2.29. The fourth-order valence-electron chi connectivity index (χ4n) is 2.38. The highest BCUT2D eigenvalue weighted by Gasteiger charge is 2.20. The van der Waals surface area contributed by atoms with Crippen LogP contribution in [0.4, 0.5) is 5.69 Å². The maximum atomic E-state index is 12.0. The third kappa shape index (κ3) is 5.31. The Morgan fingerprint density at radius 3 is 2.38 bits per heavy atom. The average Bonchev–Trinajstić information content (AvgIpc) is 2.44. The van der Waals surface area contributed by atoms with E-state index in [1.807, 2.05) is 0 Å². The lowest BCUT2D eigenvalue weighted by Gasteiger charge is -2.30. The first-order valence-electron chi connectivity index (χ1n) is 6.76. The summed E-state index contributed by atoms with van der Waals surface area (Å²) in [5.74, 6) is 0.499. The molecule has 1 heterocycles. The number of nitrogens with two attached hydrogens (primary N) is 1. The summed E-state index contributed by atoms with van der Waals surface area (Å²) in [7, 11) is 0. The number of halogens is 3. The smallest absolute Gasteiger partial charge is 0.238 e. The number of para-hydroxylation sites is 1. The summed E-state index contributed by atoms with van der Waals surface area (Å²) in [6, 6.07) is 5.16. The predicted molar refractivity (Wildman–Crippen MR) is 90.6 cm³/mol. The van der Waals surface area contributed by atoms with E-state index >= 15 is 0 Å². The van der Waals surface area contributed by atoms with E-state index in [2.05, 4.69) is 10.2 Å². The van der Waals surface area contributed by atoms with Crippen molar-refractivity contribution in [2.75, 3.05) is 31.5 Å². The second-order valence-corrected chi connectivity index (χ2v) is 5.91. The molecule has 2 rings (SSSR count). The molecule has 0 spiro atoms. The molecule has 0 saturated carbocycles. The van der Waals surface area contributed by atoms with Gasteiger partial charge in [-0.25, -0.2) is 0 Å². The molecule has 0 aromatic heterocycles. The number of likely N-dealkylation sites (tertiary alicyclic amines) is 1. The first-order valence-corrected chi connectivity index (χ1v) is 7.52. The van der Waals surface area contributed by atoms with E-state index in [1.165, 1.54) is 0 Å². The zero-order valence-corrected chi connectivity index (χ0v) is 14.0. The molecule has 1 saturated heterocycles. The number of carbonyl (C=O) groups is 1. The molecule has 1 aliphatic heterocycles. The Balaban J connectivity index is 0.00000220. The van der Waals surface area contributed by atoms with Gasteiger partial charge in [0, 0.05) is 0 Å². The minimum absolute atomic E-state index is 0. The maximum absolute atomic E-state index is 12.0. The SMILES string of the molecule is Cl.NCC1CCN(CC(=O)Nc2c(Cl)cccc2Cl)CC1. The molecule has 1 aliphatic rings. The first-order chi connectivity index (χ1) is 9.60. The van der Waals surface area contributed by atoms with Crippen LogP contribution in [-0.2, 0) is 4.79 Å². The van der Waals surface area contributed by atoms with Gasteiger partial charge in [0.15, 0.2) is 0 Å². The van der Waals surface area contributed by atoms with Crippen molar-refractivity contribution in [2.24, 2.45) is 11.7 Å². The summed E-state index contributed by atoms with van der Waals surface area (Å²) in [5, 5.41) is 3.68.